The van der Waals surface area contributed by atoms with Gasteiger partial charge in [0, 0.05) is 36.1 Å². The topological polar surface area (TPSA) is 45.2 Å². The summed E-state index contributed by atoms with van der Waals surface area (Å²) in [5, 5.41) is 10.3. The van der Waals surface area contributed by atoms with Crippen LogP contribution in [0.25, 0.3) is 10.9 Å². The summed E-state index contributed by atoms with van der Waals surface area (Å²) in [6, 6.07) is 5.19. The molecule has 62 valence electrons. The summed E-state index contributed by atoms with van der Waals surface area (Å²) in [5.41, 5.74) is 0.914. The van der Waals surface area contributed by atoms with Crippen molar-refractivity contribution in [3.05, 3.63) is 24.4 Å². The Balaban J connectivity index is 2.73. The maximum Gasteiger partial charge on any atom is 0.180 e. The fourth-order valence-corrected chi connectivity index (χ4v) is 1.29. The molecule has 1 aromatic carbocycles. The summed E-state index contributed by atoms with van der Waals surface area (Å²) >= 11 is 3.61. The highest BCUT2D eigenvalue weighted by molar-refractivity contribution is 7.75. The van der Waals surface area contributed by atoms with Crippen LogP contribution < -0.4 is 4.18 Å². The maximum absolute atomic E-state index is 9.34. The summed E-state index contributed by atoms with van der Waals surface area (Å²) in [5.74, 6) is 0.449. The Morgan fingerprint density at radius 2 is 2.25 bits per heavy atom. The van der Waals surface area contributed by atoms with Crippen LogP contribution in [0.15, 0.2) is 24.4 Å². The normalized spacial score (nSPS) is 10.4. The van der Waals surface area contributed by atoms with Crippen LogP contribution in [0.2, 0.25) is 0 Å². The van der Waals surface area contributed by atoms with E-state index in [1.165, 1.54) is 0 Å². The number of aromatic amines is 1. The van der Waals surface area contributed by atoms with Crippen molar-refractivity contribution >= 4 is 23.8 Å². The number of fused-ring (bicyclic) bond motifs is 1. The molecule has 4 heteroatoms. The third-order valence-corrected chi connectivity index (χ3v) is 1.93. The Kier molecular flexibility index (Phi) is 1.62. The van der Waals surface area contributed by atoms with Gasteiger partial charge in [0.15, 0.2) is 11.5 Å². The van der Waals surface area contributed by atoms with E-state index in [1.807, 2.05) is 6.07 Å². The van der Waals surface area contributed by atoms with Gasteiger partial charge in [-0.15, -0.1) is 0 Å². The SMILES string of the molecule is Oc1cc2cc[nH]c2cc1OS. The van der Waals surface area contributed by atoms with Gasteiger partial charge in [0.1, 0.15) is 0 Å². The number of H-pyrrole nitrogens is 1. The first kappa shape index (κ1) is 7.36. The Hall–Kier alpha value is -1.29. The number of nitrogens with one attached hydrogen (secondary N) is 1. The standard InChI is InChI=1S/C8H7NO2S/c10-7-3-5-1-2-9-6(5)4-8(7)11-12/h1-4,9-10,12H. The summed E-state index contributed by atoms with van der Waals surface area (Å²) < 4.78 is 4.65. The predicted octanol–water partition coefficient (Wildman–Crippen LogP) is 2.10. The largest absolute Gasteiger partial charge is 0.504 e. The highest BCUT2D eigenvalue weighted by Crippen LogP contribution is 2.31. The molecule has 0 aliphatic heterocycles. The molecule has 0 saturated carbocycles. The van der Waals surface area contributed by atoms with E-state index >= 15 is 0 Å². The number of hydrogen-bond acceptors (Lipinski definition) is 3. The summed E-state index contributed by atoms with van der Waals surface area (Å²) in [7, 11) is 0. The van der Waals surface area contributed by atoms with Gasteiger partial charge in [-0.1, -0.05) is 0 Å². The van der Waals surface area contributed by atoms with E-state index in [1.54, 1.807) is 18.3 Å². The lowest BCUT2D eigenvalue weighted by Crippen LogP contribution is -1.77. The lowest BCUT2D eigenvalue weighted by atomic mass is 10.2. The zero-order valence-corrected chi connectivity index (χ0v) is 7.01. The van der Waals surface area contributed by atoms with Crippen molar-refractivity contribution in [1.29, 1.82) is 0 Å². The average Bonchev–Trinajstić information content (AvgIpc) is 2.49. The molecule has 0 bridgehead atoms. The summed E-state index contributed by atoms with van der Waals surface area (Å²) in [4.78, 5) is 3.00. The third kappa shape index (κ3) is 1.00. The number of aromatic hydroxyl groups is 1. The average molecular weight is 181 g/mol. The molecule has 12 heavy (non-hydrogen) atoms. The predicted molar refractivity (Wildman–Crippen MR) is 49.6 cm³/mol. The molecule has 1 heterocycles. The number of aromatic nitrogens is 1. The molecule has 2 aromatic rings. The van der Waals surface area contributed by atoms with Crippen molar-refractivity contribution in [2.24, 2.45) is 0 Å². The molecule has 0 amide bonds. The van der Waals surface area contributed by atoms with Crippen LogP contribution >= 0.6 is 12.9 Å². The molecule has 0 spiro atoms. The zero-order chi connectivity index (χ0) is 8.55. The van der Waals surface area contributed by atoms with E-state index in [0.717, 1.165) is 10.9 Å². The van der Waals surface area contributed by atoms with Gasteiger partial charge in [0.05, 0.1) is 0 Å². The molecule has 0 aliphatic carbocycles. The van der Waals surface area contributed by atoms with E-state index in [0.29, 0.717) is 5.75 Å². The molecule has 0 atom stereocenters. The van der Waals surface area contributed by atoms with Crippen molar-refractivity contribution in [3.8, 4) is 11.5 Å². The van der Waals surface area contributed by atoms with Gasteiger partial charge < -0.3 is 14.3 Å². The number of benzene rings is 1. The molecule has 0 saturated heterocycles. The van der Waals surface area contributed by atoms with Crippen LogP contribution in [-0.4, -0.2) is 10.1 Å². The van der Waals surface area contributed by atoms with Crippen LogP contribution in [0.5, 0.6) is 11.5 Å². The van der Waals surface area contributed by atoms with Gasteiger partial charge in [-0.2, -0.15) is 0 Å². The second-order valence-electron chi connectivity index (χ2n) is 2.48. The lowest BCUT2D eigenvalue weighted by molar-refractivity contribution is 0.452. The van der Waals surface area contributed by atoms with Gasteiger partial charge in [-0.25, -0.2) is 0 Å². The monoisotopic (exact) mass is 181 g/mol. The van der Waals surface area contributed by atoms with Gasteiger partial charge >= 0.3 is 0 Å². The number of hydrogen-bond donors (Lipinski definition) is 3. The first-order chi connectivity index (χ1) is 5.81. The summed E-state index contributed by atoms with van der Waals surface area (Å²) in [6.45, 7) is 0. The van der Waals surface area contributed by atoms with Crippen molar-refractivity contribution in [1.82, 2.24) is 4.98 Å². The van der Waals surface area contributed by atoms with Crippen LogP contribution in [0.1, 0.15) is 0 Å². The second kappa shape index (κ2) is 2.64. The van der Waals surface area contributed by atoms with E-state index in [-0.39, 0.29) is 5.75 Å². The third-order valence-electron chi connectivity index (χ3n) is 1.73. The van der Waals surface area contributed by atoms with Crippen molar-refractivity contribution in [2.45, 2.75) is 0 Å². The molecular formula is C8H7NO2S. The first-order valence-corrected chi connectivity index (χ1v) is 3.79. The molecule has 3 nitrogen and oxygen atoms in total. The van der Waals surface area contributed by atoms with Crippen LogP contribution in [-0.2, 0) is 0 Å². The molecule has 2 N–H and O–H groups in total. The quantitative estimate of drug-likeness (QED) is 0.466. The smallest absolute Gasteiger partial charge is 0.180 e. The summed E-state index contributed by atoms with van der Waals surface area (Å²) in [6.07, 6.45) is 1.80. The Morgan fingerprint density at radius 3 is 3.00 bits per heavy atom. The number of phenols is 1. The van der Waals surface area contributed by atoms with E-state index in [4.69, 9.17) is 0 Å². The van der Waals surface area contributed by atoms with Gasteiger partial charge in [-0.05, 0) is 12.1 Å². The lowest BCUT2D eigenvalue weighted by Gasteiger charge is -2.00. The van der Waals surface area contributed by atoms with E-state index < -0.39 is 0 Å². The molecule has 2 rings (SSSR count). The van der Waals surface area contributed by atoms with Crippen LogP contribution in [0.3, 0.4) is 0 Å². The van der Waals surface area contributed by atoms with Crippen molar-refractivity contribution < 1.29 is 9.29 Å². The molecule has 1 aromatic heterocycles. The zero-order valence-electron chi connectivity index (χ0n) is 6.11. The minimum atomic E-state index is 0.0945. The van der Waals surface area contributed by atoms with Crippen LogP contribution in [0, 0.1) is 0 Å². The fraction of sp³-hybridized carbons (Fsp3) is 0. The maximum atomic E-state index is 9.34. The second-order valence-corrected chi connectivity index (χ2v) is 2.66. The van der Waals surface area contributed by atoms with E-state index in [2.05, 4.69) is 22.1 Å². The van der Waals surface area contributed by atoms with Gasteiger partial charge in [0.25, 0.3) is 0 Å². The van der Waals surface area contributed by atoms with Crippen molar-refractivity contribution in [3.63, 3.8) is 0 Å². The fourth-order valence-electron chi connectivity index (χ4n) is 1.14. The number of rotatable bonds is 1. The van der Waals surface area contributed by atoms with Crippen molar-refractivity contribution in [2.75, 3.05) is 0 Å². The molecule has 0 aliphatic rings. The Morgan fingerprint density at radius 1 is 1.42 bits per heavy atom. The van der Waals surface area contributed by atoms with E-state index in [9.17, 15) is 5.11 Å². The molecule has 0 fully saturated rings. The Bertz CT molecular complexity index is 410. The highest BCUT2D eigenvalue weighted by Gasteiger charge is 2.03. The number of phenolic OH excluding ortho intramolecular Hbond substituents is 1. The molecular weight excluding hydrogens is 174 g/mol. The minimum Gasteiger partial charge on any atom is -0.504 e. The highest BCUT2D eigenvalue weighted by atomic mass is 32.1. The van der Waals surface area contributed by atoms with Gasteiger partial charge in [-0.3, -0.25) is 0 Å². The molecule has 0 unspecified atom stereocenters. The Labute approximate surface area is 74.6 Å². The first-order valence-electron chi connectivity index (χ1n) is 3.43. The van der Waals surface area contributed by atoms with Gasteiger partial charge in [0.2, 0.25) is 0 Å². The minimum absolute atomic E-state index is 0.0945. The van der Waals surface area contributed by atoms with Crippen LogP contribution in [0.4, 0.5) is 0 Å². The number of thiol groups is 1. The molecule has 0 radical (unpaired) electrons.